The number of likely N-dealkylation sites (tertiary alicyclic amines) is 1. The lowest BCUT2D eigenvalue weighted by Gasteiger charge is -2.29. The van der Waals surface area contributed by atoms with E-state index >= 15 is 0 Å². The van der Waals surface area contributed by atoms with Gasteiger partial charge in [-0.3, -0.25) is 9.48 Å². The molecule has 3 aromatic heterocycles. The van der Waals surface area contributed by atoms with Gasteiger partial charge in [0.1, 0.15) is 5.02 Å². The summed E-state index contributed by atoms with van der Waals surface area (Å²) in [6.07, 6.45) is 6.66. The molecule has 2 fully saturated rings. The van der Waals surface area contributed by atoms with E-state index in [1.807, 2.05) is 18.1 Å². The topological polar surface area (TPSA) is 105 Å². The Morgan fingerprint density at radius 1 is 1.19 bits per heavy atom. The number of nitrogens with one attached hydrogen (secondary N) is 1. The normalized spacial score (nSPS) is 25.2. The van der Waals surface area contributed by atoms with Crippen molar-refractivity contribution in [3.63, 3.8) is 0 Å². The summed E-state index contributed by atoms with van der Waals surface area (Å²) >= 11 is 6.48. The van der Waals surface area contributed by atoms with Gasteiger partial charge in [0, 0.05) is 56.3 Å². The quantitative estimate of drug-likeness (QED) is 0.657. The zero-order chi connectivity index (χ0) is 21.8. The molecule has 0 aromatic carbocycles. The van der Waals surface area contributed by atoms with Crippen molar-refractivity contribution in [3.8, 4) is 0 Å². The Kier molecular flexibility index (Phi) is 4.44. The maximum atomic E-state index is 12.8. The SMILES string of the molecule is Cn1cc(Nc2ncc(Cl)c(N3C[C@]4(C)CN(C(=O)c5ccno5)C[C@]4(C)C3)n2)cn1. The van der Waals surface area contributed by atoms with Gasteiger partial charge in [-0.2, -0.15) is 10.1 Å². The molecule has 0 unspecified atom stereocenters. The zero-order valence-corrected chi connectivity index (χ0v) is 18.3. The number of fused-ring (bicyclic) bond motifs is 1. The van der Waals surface area contributed by atoms with Crippen LogP contribution in [0.3, 0.4) is 0 Å². The van der Waals surface area contributed by atoms with Crippen LogP contribution < -0.4 is 10.2 Å². The molecule has 0 spiro atoms. The summed E-state index contributed by atoms with van der Waals surface area (Å²) in [6, 6.07) is 1.60. The second kappa shape index (κ2) is 6.94. The average Bonchev–Trinajstić information content (AvgIpc) is 3.47. The van der Waals surface area contributed by atoms with Crippen molar-refractivity contribution < 1.29 is 9.32 Å². The second-order valence-electron chi connectivity index (χ2n) is 8.91. The largest absolute Gasteiger partial charge is 0.354 e. The third-order valence-corrected chi connectivity index (χ3v) is 6.81. The van der Waals surface area contributed by atoms with E-state index in [4.69, 9.17) is 16.1 Å². The monoisotopic (exact) mass is 442 g/mol. The maximum absolute atomic E-state index is 12.8. The Hall–Kier alpha value is -3.14. The predicted octanol–water partition coefficient (Wildman–Crippen LogP) is 2.58. The number of carbonyl (C=O) groups is 1. The Morgan fingerprint density at radius 2 is 1.94 bits per heavy atom. The number of carbonyl (C=O) groups excluding carboxylic acids is 1. The highest BCUT2D eigenvalue weighted by atomic mass is 35.5. The Labute approximate surface area is 184 Å². The summed E-state index contributed by atoms with van der Waals surface area (Å²) in [6.45, 7) is 7.14. The fraction of sp³-hybridized carbons (Fsp3) is 0.450. The molecule has 5 heterocycles. The van der Waals surface area contributed by atoms with E-state index in [-0.39, 0.29) is 22.5 Å². The summed E-state index contributed by atoms with van der Waals surface area (Å²) in [5, 5.41) is 11.5. The lowest BCUT2D eigenvalue weighted by Crippen LogP contribution is -2.36. The van der Waals surface area contributed by atoms with Crippen molar-refractivity contribution in [2.24, 2.45) is 17.9 Å². The number of aryl methyl sites for hydroxylation is 1. The lowest BCUT2D eigenvalue weighted by molar-refractivity contribution is 0.0729. The number of hydrogen-bond donors (Lipinski definition) is 1. The molecule has 0 saturated carbocycles. The minimum Gasteiger partial charge on any atom is -0.354 e. The number of anilines is 3. The van der Waals surface area contributed by atoms with E-state index in [9.17, 15) is 4.79 Å². The number of halogens is 1. The summed E-state index contributed by atoms with van der Waals surface area (Å²) in [4.78, 5) is 25.8. The van der Waals surface area contributed by atoms with E-state index in [0.717, 1.165) is 18.8 Å². The number of nitrogens with zero attached hydrogens (tertiary/aromatic N) is 7. The van der Waals surface area contributed by atoms with E-state index in [1.54, 1.807) is 23.1 Å². The Morgan fingerprint density at radius 3 is 2.55 bits per heavy atom. The number of aromatic nitrogens is 5. The van der Waals surface area contributed by atoms with E-state index < -0.39 is 0 Å². The van der Waals surface area contributed by atoms with Gasteiger partial charge in [0.25, 0.3) is 5.91 Å². The highest BCUT2D eigenvalue weighted by Gasteiger charge is 2.59. The molecule has 1 amide bonds. The van der Waals surface area contributed by atoms with Crippen molar-refractivity contribution in [1.82, 2.24) is 29.8 Å². The molecule has 0 radical (unpaired) electrons. The minimum atomic E-state index is -0.121. The van der Waals surface area contributed by atoms with Crippen molar-refractivity contribution >= 4 is 35.0 Å². The van der Waals surface area contributed by atoms with Crippen molar-refractivity contribution in [1.29, 1.82) is 0 Å². The van der Waals surface area contributed by atoms with Crippen molar-refractivity contribution in [3.05, 3.63) is 41.6 Å². The molecule has 0 aliphatic carbocycles. The summed E-state index contributed by atoms with van der Waals surface area (Å²) in [7, 11) is 1.85. The second-order valence-corrected chi connectivity index (χ2v) is 9.32. The van der Waals surface area contributed by atoms with Crippen LogP contribution in [0.1, 0.15) is 24.4 Å². The van der Waals surface area contributed by atoms with Gasteiger partial charge in [-0.25, -0.2) is 4.98 Å². The number of hydrogen-bond acceptors (Lipinski definition) is 8. The lowest BCUT2D eigenvalue weighted by atomic mass is 9.71. The highest BCUT2D eigenvalue weighted by molar-refractivity contribution is 6.32. The molecule has 31 heavy (non-hydrogen) atoms. The third-order valence-electron chi connectivity index (χ3n) is 6.54. The smallest absolute Gasteiger partial charge is 0.292 e. The van der Waals surface area contributed by atoms with Crippen LogP contribution in [0, 0.1) is 10.8 Å². The maximum Gasteiger partial charge on any atom is 0.292 e. The van der Waals surface area contributed by atoms with Gasteiger partial charge >= 0.3 is 0 Å². The first kappa shape index (κ1) is 19.8. The molecule has 11 heteroatoms. The Bertz CT molecular complexity index is 1110. The molecule has 3 aromatic rings. The van der Waals surface area contributed by atoms with Gasteiger partial charge in [0.2, 0.25) is 11.7 Å². The summed E-state index contributed by atoms with van der Waals surface area (Å²) in [5.41, 5.74) is 0.566. The van der Waals surface area contributed by atoms with Crippen molar-refractivity contribution in [2.45, 2.75) is 13.8 Å². The predicted molar refractivity (Wildman–Crippen MR) is 114 cm³/mol. The molecule has 1 N–H and O–H groups in total. The highest BCUT2D eigenvalue weighted by Crippen LogP contribution is 2.53. The summed E-state index contributed by atoms with van der Waals surface area (Å²) in [5.74, 6) is 1.30. The zero-order valence-electron chi connectivity index (χ0n) is 17.5. The fourth-order valence-electron chi connectivity index (χ4n) is 4.69. The van der Waals surface area contributed by atoms with Crippen LogP contribution in [0.15, 0.2) is 35.4 Å². The first-order valence-corrected chi connectivity index (χ1v) is 10.4. The van der Waals surface area contributed by atoms with Gasteiger partial charge in [0.05, 0.1) is 24.3 Å². The first-order valence-electron chi connectivity index (χ1n) is 10.00. The van der Waals surface area contributed by atoms with Gasteiger partial charge in [-0.1, -0.05) is 30.6 Å². The van der Waals surface area contributed by atoms with Gasteiger partial charge < -0.3 is 19.6 Å². The van der Waals surface area contributed by atoms with E-state index in [1.165, 1.54) is 6.20 Å². The average molecular weight is 443 g/mol. The summed E-state index contributed by atoms with van der Waals surface area (Å²) < 4.78 is 6.77. The fourth-order valence-corrected chi connectivity index (χ4v) is 4.90. The van der Waals surface area contributed by atoms with Gasteiger partial charge in [-0.15, -0.1) is 0 Å². The molecule has 5 rings (SSSR count). The number of rotatable bonds is 4. The molecule has 162 valence electrons. The van der Waals surface area contributed by atoms with E-state index in [2.05, 4.69) is 44.3 Å². The van der Waals surface area contributed by atoms with Crippen LogP contribution in [0.4, 0.5) is 17.5 Å². The van der Waals surface area contributed by atoms with Crippen LogP contribution in [0.2, 0.25) is 5.02 Å². The van der Waals surface area contributed by atoms with Crippen LogP contribution >= 0.6 is 11.6 Å². The molecule has 0 bridgehead atoms. The molecular weight excluding hydrogens is 420 g/mol. The van der Waals surface area contributed by atoms with Crippen LogP contribution in [0.5, 0.6) is 0 Å². The molecule has 2 atom stereocenters. The third kappa shape index (κ3) is 3.31. The number of amides is 1. The van der Waals surface area contributed by atoms with Crippen molar-refractivity contribution in [2.75, 3.05) is 36.4 Å². The van der Waals surface area contributed by atoms with Crippen LogP contribution in [-0.2, 0) is 7.05 Å². The van der Waals surface area contributed by atoms with Gasteiger partial charge in [-0.05, 0) is 0 Å². The first-order chi connectivity index (χ1) is 14.8. The van der Waals surface area contributed by atoms with Crippen LogP contribution in [0.25, 0.3) is 0 Å². The molecule has 2 aliphatic heterocycles. The standard InChI is InChI=1S/C20H23ClN8O2/c1-19-9-28(10-20(19,2)12-29(11-19)17(30)15-4-5-24-31-15)16-14(21)7-22-18(26-16)25-13-6-23-27(3)8-13/h4-8H,9-12H2,1-3H3,(H,22,25,26)/t19-,20+. The molecule has 2 aliphatic rings. The van der Waals surface area contributed by atoms with Crippen LogP contribution in [-0.4, -0.2) is 61.9 Å². The molecule has 2 saturated heterocycles. The minimum absolute atomic E-state index is 0.117. The molecular formula is C20H23ClN8O2. The van der Waals surface area contributed by atoms with Gasteiger partial charge in [0.15, 0.2) is 5.82 Å². The molecule has 10 nitrogen and oxygen atoms in total. The Balaban J connectivity index is 1.36. The van der Waals surface area contributed by atoms with E-state index in [0.29, 0.717) is 29.9 Å².